The summed E-state index contributed by atoms with van der Waals surface area (Å²) < 4.78 is 4.77. The number of carbonyl (C=O) groups is 1. The van der Waals surface area contributed by atoms with Crippen LogP contribution in [-0.2, 0) is 4.74 Å². The molecular weight excluding hydrogens is 274 g/mol. The van der Waals surface area contributed by atoms with Crippen LogP contribution in [0.15, 0.2) is 18.2 Å². The van der Waals surface area contributed by atoms with Crippen LogP contribution in [0.25, 0.3) is 0 Å². The van der Waals surface area contributed by atoms with Crippen LogP contribution in [-0.4, -0.2) is 43.7 Å². The summed E-state index contributed by atoms with van der Waals surface area (Å²) in [6.07, 6.45) is 0.921. The molecule has 7 nitrogen and oxygen atoms in total. The lowest BCUT2D eigenvalue weighted by atomic mass is 10.1. The fraction of sp³-hybridized carbons (Fsp3) is 0.500. The van der Waals surface area contributed by atoms with Crippen molar-refractivity contribution in [2.24, 2.45) is 0 Å². The predicted molar refractivity (Wildman–Crippen MR) is 78.7 cm³/mol. The summed E-state index contributed by atoms with van der Waals surface area (Å²) in [5.41, 5.74) is 0.829. The molecule has 1 aromatic carbocycles. The molecule has 0 bridgehead atoms. The van der Waals surface area contributed by atoms with E-state index >= 15 is 0 Å². The maximum absolute atomic E-state index is 12.0. The zero-order chi connectivity index (χ0) is 15.4. The summed E-state index contributed by atoms with van der Waals surface area (Å²) >= 11 is 0. The number of carbonyl (C=O) groups excluding carboxylic acids is 1. The highest BCUT2D eigenvalue weighted by Gasteiger charge is 2.26. The molecule has 0 spiro atoms. The number of non-ortho nitro benzene ring substituents is 1. The first-order valence-electron chi connectivity index (χ1n) is 6.92. The molecule has 0 aromatic heterocycles. The molecule has 0 saturated carbocycles. The number of nitrogens with zero attached hydrogens (tertiary/aromatic N) is 2. The molecule has 0 radical (unpaired) electrons. The van der Waals surface area contributed by atoms with Gasteiger partial charge in [0.2, 0.25) is 0 Å². The van der Waals surface area contributed by atoms with Gasteiger partial charge in [-0.3, -0.25) is 10.1 Å². The van der Waals surface area contributed by atoms with Crippen molar-refractivity contribution in [3.8, 4) is 0 Å². The number of piperazine rings is 1. The summed E-state index contributed by atoms with van der Waals surface area (Å²) in [7, 11) is 1.28. The van der Waals surface area contributed by atoms with E-state index in [-0.39, 0.29) is 17.3 Å². The molecule has 1 aliphatic rings. The van der Waals surface area contributed by atoms with E-state index in [9.17, 15) is 14.9 Å². The molecule has 1 fully saturated rings. The fourth-order valence-electron chi connectivity index (χ4n) is 2.60. The normalized spacial score (nSPS) is 18.4. The van der Waals surface area contributed by atoms with Gasteiger partial charge in [-0.25, -0.2) is 4.79 Å². The molecule has 0 amide bonds. The second kappa shape index (κ2) is 6.53. The van der Waals surface area contributed by atoms with Gasteiger partial charge in [0, 0.05) is 37.8 Å². The maximum atomic E-state index is 12.0. The van der Waals surface area contributed by atoms with Crippen molar-refractivity contribution in [3.05, 3.63) is 33.9 Å². The number of ether oxygens (including phenoxy) is 1. The predicted octanol–water partition coefficient (Wildman–Crippen LogP) is 1.57. The Balaban J connectivity index is 2.45. The fourth-order valence-corrected chi connectivity index (χ4v) is 2.60. The molecule has 7 heteroatoms. The molecule has 0 aliphatic carbocycles. The lowest BCUT2D eigenvalue weighted by molar-refractivity contribution is -0.384. The van der Waals surface area contributed by atoms with E-state index in [1.807, 2.05) is 0 Å². The van der Waals surface area contributed by atoms with Gasteiger partial charge in [-0.2, -0.15) is 0 Å². The third-order valence-corrected chi connectivity index (χ3v) is 3.73. The molecule has 114 valence electrons. The van der Waals surface area contributed by atoms with Crippen LogP contribution in [0.2, 0.25) is 0 Å². The number of hydrogen-bond acceptors (Lipinski definition) is 6. The molecule has 21 heavy (non-hydrogen) atoms. The molecule has 1 aliphatic heterocycles. The number of hydrogen-bond donors (Lipinski definition) is 1. The minimum absolute atomic E-state index is 0.109. The second-order valence-electron chi connectivity index (χ2n) is 4.91. The SMILES string of the molecule is CCC1CNCCN1c1ccc([N+](=O)[O-])cc1C(=O)OC. The van der Waals surface area contributed by atoms with Crippen molar-refractivity contribution in [2.75, 3.05) is 31.6 Å². The van der Waals surface area contributed by atoms with Gasteiger partial charge in [-0.1, -0.05) is 6.92 Å². The van der Waals surface area contributed by atoms with Crippen molar-refractivity contribution in [1.29, 1.82) is 0 Å². The van der Waals surface area contributed by atoms with Gasteiger partial charge < -0.3 is 15.0 Å². The Kier molecular flexibility index (Phi) is 4.74. The first-order valence-corrected chi connectivity index (χ1v) is 6.92. The Morgan fingerprint density at radius 3 is 2.95 bits per heavy atom. The second-order valence-corrected chi connectivity index (χ2v) is 4.91. The molecule has 1 atom stereocenters. The van der Waals surface area contributed by atoms with Gasteiger partial charge >= 0.3 is 5.97 Å². The smallest absolute Gasteiger partial charge is 0.340 e. The minimum atomic E-state index is -0.554. The molecule has 1 N–H and O–H groups in total. The van der Waals surface area contributed by atoms with Crippen LogP contribution in [0.5, 0.6) is 0 Å². The van der Waals surface area contributed by atoms with Gasteiger partial charge in [0.15, 0.2) is 0 Å². The van der Waals surface area contributed by atoms with Crippen molar-refractivity contribution in [2.45, 2.75) is 19.4 Å². The highest BCUT2D eigenvalue weighted by molar-refractivity contribution is 5.96. The van der Waals surface area contributed by atoms with Crippen molar-refractivity contribution < 1.29 is 14.5 Å². The average Bonchev–Trinajstić information content (AvgIpc) is 2.53. The van der Waals surface area contributed by atoms with E-state index in [0.717, 1.165) is 26.1 Å². The van der Waals surface area contributed by atoms with Crippen molar-refractivity contribution >= 4 is 17.3 Å². The van der Waals surface area contributed by atoms with E-state index in [4.69, 9.17) is 4.74 Å². The third kappa shape index (κ3) is 3.13. The standard InChI is InChI=1S/C14H19N3O4/c1-3-10-9-15-6-7-16(10)13-5-4-11(17(19)20)8-12(13)14(18)21-2/h4-5,8,10,15H,3,6-7,9H2,1-2H3. The lowest BCUT2D eigenvalue weighted by Gasteiger charge is -2.38. The van der Waals surface area contributed by atoms with E-state index in [0.29, 0.717) is 5.69 Å². The summed E-state index contributed by atoms with van der Waals surface area (Å²) in [5.74, 6) is -0.554. The summed E-state index contributed by atoms with van der Waals surface area (Å²) in [6, 6.07) is 4.61. The largest absolute Gasteiger partial charge is 0.465 e. The highest BCUT2D eigenvalue weighted by atomic mass is 16.6. The van der Waals surface area contributed by atoms with Crippen molar-refractivity contribution in [1.82, 2.24) is 5.32 Å². The van der Waals surface area contributed by atoms with E-state index < -0.39 is 10.9 Å². The number of nitrogens with one attached hydrogen (secondary N) is 1. The number of anilines is 1. The number of rotatable bonds is 4. The van der Waals surface area contributed by atoms with Gasteiger partial charge in [0.25, 0.3) is 5.69 Å². The summed E-state index contributed by atoms with van der Waals surface area (Å²) in [5, 5.41) is 14.2. The third-order valence-electron chi connectivity index (χ3n) is 3.73. The summed E-state index contributed by atoms with van der Waals surface area (Å²) in [6.45, 7) is 4.47. The van der Waals surface area contributed by atoms with Crippen LogP contribution in [0.1, 0.15) is 23.7 Å². The molecule has 1 aromatic rings. The molecule has 1 heterocycles. The Morgan fingerprint density at radius 1 is 1.57 bits per heavy atom. The van der Waals surface area contributed by atoms with Gasteiger partial charge in [0.05, 0.1) is 23.3 Å². The van der Waals surface area contributed by atoms with Gasteiger partial charge in [-0.15, -0.1) is 0 Å². The Morgan fingerprint density at radius 2 is 2.33 bits per heavy atom. The monoisotopic (exact) mass is 293 g/mol. The zero-order valence-corrected chi connectivity index (χ0v) is 12.2. The molecule has 2 rings (SSSR count). The first-order chi connectivity index (χ1) is 10.1. The summed E-state index contributed by atoms with van der Waals surface area (Å²) in [4.78, 5) is 24.5. The minimum Gasteiger partial charge on any atom is -0.465 e. The van der Waals surface area contributed by atoms with Gasteiger partial charge in [-0.05, 0) is 12.5 Å². The number of benzene rings is 1. The molecule has 1 unspecified atom stereocenters. The van der Waals surface area contributed by atoms with Crippen molar-refractivity contribution in [3.63, 3.8) is 0 Å². The topological polar surface area (TPSA) is 84.7 Å². The highest BCUT2D eigenvalue weighted by Crippen LogP contribution is 2.29. The van der Waals surface area contributed by atoms with Crippen LogP contribution >= 0.6 is 0 Å². The van der Waals surface area contributed by atoms with E-state index in [2.05, 4.69) is 17.1 Å². The van der Waals surface area contributed by atoms with Crippen LogP contribution in [0.3, 0.4) is 0 Å². The van der Waals surface area contributed by atoms with Crippen LogP contribution in [0.4, 0.5) is 11.4 Å². The quantitative estimate of drug-likeness (QED) is 0.515. The van der Waals surface area contributed by atoms with Gasteiger partial charge in [0.1, 0.15) is 0 Å². The lowest BCUT2D eigenvalue weighted by Crippen LogP contribution is -2.51. The van der Waals surface area contributed by atoms with E-state index in [1.54, 1.807) is 6.07 Å². The number of nitro benzene ring substituents is 1. The molecule has 1 saturated heterocycles. The van der Waals surface area contributed by atoms with Crippen LogP contribution in [0, 0.1) is 10.1 Å². The average molecular weight is 293 g/mol. The number of esters is 1. The van der Waals surface area contributed by atoms with E-state index in [1.165, 1.54) is 19.2 Å². The Bertz CT molecular complexity index is 547. The Hall–Kier alpha value is -2.15. The zero-order valence-electron chi connectivity index (χ0n) is 12.2. The molecular formula is C14H19N3O4. The first kappa shape index (κ1) is 15.2. The van der Waals surface area contributed by atoms with Crippen LogP contribution < -0.4 is 10.2 Å². The maximum Gasteiger partial charge on any atom is 0.340 e. The Labute approximate surface area is 123 Å². The number of nitro groups is 1. The number of methoxy groups -OCH3 is 1.